The van der Waals surface area contributed by atoms with Crippen LogP contribution in [-0.2, 0) is 22.9 Å². The van der Waals surface area contributed by atoms with Crippen LogP contribution < -0.4 is 9.62 Å². The molecule has 1 aliphatic rings. The molecule has 1 heterocycles. The first kappa shape index (κ1) is 18.4. The Morgan fingerprint density at radius 2 is 1.92 bits per heavy atom. The Morgan fingerprint density at radius 3 is 2.58 bits per heavy atom. The van der Waals surface area contributed by atoms with Crippen molar-refractivity contribution in [2.24, 2.45) is 0 Å². The summed E-state index contributed by atoms with van der Waals surface area (Å²) in [6.07, 6.45) is 2.38. The average Bonchev–Trinajstić information content (AvgIpc) is 2.91. The number of benzene rings is 2. The minimum Gasteiger partial charge on any atom is -0.352 e. The van der Waals surface area contributed by atoms with Crippen LogP contribution >= 0.6 is 0 Å². The summed E-state index contributed by atoms with van der Waals surface area (Å²) in [4.78, 5) is 12.3. The highest BCUT2D eigenvalue weighted by molar-refractivity contribution is 7.92. The van der Waals surface area contributed by atoms with E-state index in [1.165, 1.54) is 22.7 Å². The second-order valence-electron chi connectivity index (χ2n) is 6.59. The van der Waals surface area contributed by atoms with Gasteiger partial charge >= 0.3 is 0 Å². The number of nitrogens with one attached hydrogen (secondary N) is 1. The van der Waals surface area contributed by atoms with E-state index in [1.807, 2.05) is 6.92 Å². The molecule has 1 N–H and O–H groups in total. The fourth-order valence-electron chi connectivity index (χ4n) is 3.32. The van der Waals surface area contributed by atoms with Crippen LogP contribution in [0.15, 0.2) is 42.5 Å². The maximum atomic E-state index is 12.9. The smallest absolute Gasteiger partial charge is 0.251 e. The summed E-state index contributed by atoms with van der Waals surface area (Å²) in [6.45, 7) is 2.29. The number of carbonyl (C=O) groups is 1. The van der Waals surface area contributed by atoms with Crippen LogP contribution in [0.2, 0.25) is 0 Å². The molecule has 1 unspecified atom stereocenters. The summed E-state index contributed by atoms with van der Waals surface area (Å²) in [5.41, 5.74) is 2.95. The van der Waals surface area contributed by atoms with E-state index in [0.29, 0.717) is 30.6 Å². The number of rotatable bonds is 5. The zero-order chi connectivity index (χ0) is 18.9. The molecule has 3 rings (SSSR count). The Hall–Kier alpha value is -2.41. The molecule has 26 heavy (non-hydrogen) atoms. The molecule has 0 aromatic heterocycles. The van der Waals surface area contributed by atoms with Gasteiger partial charge in [0.05, 0.1) is 11.9 Å². The van der Waals surface area contributed by atoms with Crippen molar-refractivity contribution in [2.45, 2.75) is 25.8 Å². The monoisotopic (exact) mass is 376 g/mol. The predicted octanol–water partition coefficient (Wildman–Crippen LogP) is 2.51. The molecule has 0 saturated carbocycles. The summed E-state index contributed by atoms with van der Waals surface area (Å²) < 4.78 is 38.2. The van der Waals surface area contributed by atoms with Crippen molar-refractivity contribution in [2.75, 3.05) is 17.1 Å². The minimum atomic E-state index is -3.34. The van der Waals surface area contributed by atoms with Crippen molar-refractivity contribution < 1.29 is 17.6 Å². The van der Waals surface area contributed by atoms with E-state index >= 15 is 0 Å². The van der Waals surface area contributed by atoms with Crippen LogP contribution in [0.4, 0.5) is 10.1 Å². The van der Waals surface area contributed by atoms with E-state index in [9.17, 15) is 17.6 Å². The van der Waals surface area contributed by atoms with Crippen molar-refractivity contribution >= 4 is 21.6 Å². The molecule has 0 spiro atoms. The SMILES string of the molecule is CC1Cc2cc(C(=O)NCCc3ccc(F)cc3)ccc2N1S(C)(=O)=O. The van der Waals surface area contributed by atoms with E-state index in [4.69, 9.17) is 0 Å². The van der Waals surface area contributed by atoms with E-state index < -0.39 is 10.0 Å². The largest absolute Gasteiger partial charge is 0.352 e. The van der Waals surface area contributed by atoms with Gasteiger partial charge in [0, 0.05) is 18.2 Å². The maximum absolute atomic E-state index is 12.9. The lowest BCUT2D eigenvalue weighted by Gasteiger charge is -2.21. The van der Waals surface area contributed by atoms with Gasteiger partial charge in [-0.1, -0.05) is 12.1 Å². The van der Waals surface area contributed by atoms with Crippen LogP contribution in [0.1, 0.15) is 28.4 Å². The summed E-state index contributed by atoms with van der Waals surface area (Å²) >= 11 is 0. The highest BCUT2D eigenvalue weighted by Crippen LogP contribution is 2.34. The molecule has 0 aliphatic carbocycles. The standard InChI is InChI=1S/C19H21FN2O3S/c1-13-11-16-12-15(5-8-18(16)22(13)26(2,24)25)19(23)21-10-9-14-3-6-17(20)7-4-14/h3-8,12-13H,9-11H2,1-2H3,(H,21,23). The fraction of sp³-hybridized carbons (Fsp3) is 0.316. The molecular weight excluding hydrogens is 355 g/mol. The average molecular weight is 376 g/mol. The highest BCUT2D eigenvalue weighted by Gasteiger charge is 2.32. The Bertz CT molecular complexity index is 926. The molecule has 0 fully saturated rings. The molecular formula is C19H21FN2O3S. The summed E-state index contributed by atoms with van der Waals surface area (Å²) in [5.74, 6) is -0.492. The van der Waals surface area contributed by atoms with Gasteiger partial charge in [0.2, 0.25) is 10.0 Å². The van der Waals surface area contributed by atoms with Crippen molar-refractivity contribution in [3.05, 3.63) is 65.0 Å². The van der Waals surface area contributed by atoms with Gasteiger partial charge in [-0.3, -0.25) is 9.10 Å². The minimum absolute atomic E-state index is 0.156. The second kappa shape index (κ2) is 7.07. The van der Waals surface area contributed by atoms with Crippen molar-refractivity contribution in [3.63, 3.8) is 0 Å². The van der Waals surface area contributed by atoms with Crippen LogP contribution in [-0.4, -0.2) is 33.2 Å². The van der Waals surface area contributed by atoms with Gasteiger partial charge in [-0.25, -0.2) is 12.8 Å². The molecule has 1 aliphatic heterocycles. The van der Waals surface area contributed by atoms with Crippen LogP contribution in [0.3, 0.4) is 0 Å². The Morgan fingerprint density at radius 1 is 1.23 bits per heavy atom. The molecule has 1 atom stereocenters. The molecule has 0 radical (unpaired) electrons. The van der Waals surface area contributed by atoms with E-state index in [1.54, 1.807) is 30.3 Å². The number of amides is 1. The number of hydrogen-bond acceptors (Lipinski definition) is 3. The molecule has 0 saturated heterocycles. The van der Waals surface area contributed by atoms with E-state index in [0.717, 1.165) is 11.1 Å². The molecule has 138 valence electrons. The molecule has 1 amide bonds. The van der Waals surface area contributed by atoms with Gasteiger partial charge in [-0.05, 0) is 61.2 Å². The third-order valence-electron chi connectivity index (χ3n) is 4.46. The summed E-state index contributed by atoms with van der Waals surface area (Å²) in [7, 11) is -3.34. The molecule has 7 heteroatoms. The number of fused-ring (bicyclic) bond motifs is 1. The van der Waals surface area contributed by atoms with E-state index in [-0.39, 0.29) is 17.8 Å². The molecule has 5 nitrogen and oxygen atoms in total. The fourth-order valence-corrected chi connectivity index (χ4v) is 4.59. The van der Waals surface area contributed by atoms with Crippen molar-refractivity contribution in [3.8, 4) is 0 Å². The third kappa shape index (κ3) is 3.88. The number of halogens is 1. The number of anilines is 1. The quantitative estimate of drug-likeness (QED) is 0.872. The number of hydrogen-bond donors (Lipinski definition) is 1. The van der Waals surface area contributed by atoms with Crippen molar-refractivity contribution in [1.29, 1.82) is 0 Å². The number of nitrogens with zero attached hydrogens (tertiary/aromatic N) is 1. The van der Waals surface area contributed by atoms with Gasteiger partial charge in [-0.2, -0.15) is 0 Å². The Kier molecular flexibility index (Phi) is 5.00. The lowest BCUT2D eigenvalue weighted by atomic mass is 10.1. The summed E-state index contributed by atoms with van der Waals surface area (Å²) in [6, 6.07) is 11.1. The van der Waals surface area contributed by atoms with Gasteiger partial charge in [0.1, 0.15) is 5.82 Å². The van der Waals surface area contributed by atoms with Gasteiger partial charge in [-0.15, -0.1) is 0 Å². The maximum Gasteiger partial charge on any atom is 0.251 e. The second-order valence-corrected chi connectivity index (χ2v) is 8.45. The summed E-state index contributed by atoms with van der Waals surface area (Å²) in [5, 5.41) is 2.84. The van der Waals surface area contributed by atoms with Crippen LogP contribution in [0.25, 0.3) is 0 Å². The Balaban J connectivity index is 1.66. The van der Waals surface area contributed by atoms with Gasteiger partial charge < -0.3 is 5.32 Å². The highest BCUT2D eigenvalue weighted by atomic mass is 32.2. The van der Waals surface area contributed by atoms with Gasteiger partial charge in [0.25, 0.3) is 5.91 Å². The Labute approximate surface area is 152 Å². The zero-order valence-corrected chi connectivity index (χ0v) is 15.5. The molecule has 2 aromatic carbocycles. The zero-order valence-electron chi connectivity index (χ0n) is 14.7. The normalized spacial score (nSPS) is 16.4. The third-order valence-corrected chi connectivity index (χ3v) is 5.74. The number of carbonyl (C=O) groups excluding carboxylic acids is 1. The van der Waals surface area contributed by atoms with Crippen LogP contribution in [0, 0.1) is 5.82 Å². The first-order valence-corrected chi connectivity index (χ1v) is 10.3. The first-order chi connectivity index (χ1) is 12.3. The topological polar surface area (TPSA) is 66.5 Å². The number of sulfonamides is 1. The lowest BCUT2D eigenvalue weighted by molar-refractivity contribution is 0.0954. The predicted molar refractivity (Wildman–Crippen MR) is 99.4 cm³/mol. The van der Waals surface area contributed by atoms with Crippen molar-refractivity contribution in [1.82, 2.24) is 5.32 Å². The lowest BCUT2D eigenvalue weighted by Crippen LogP contribution is -2.34. The van der Waals surface area contributed by atoms with E-state index in [2.05, 4.69) is 5.32 Å². The molecule has 0 bridgehead atoms. The first-order valence-electron chi connectivity index (χ1n) is 8.40. The molecule has 2 aromatic rings. The van der Waals surface area contributed by atoms with Gasteiger partial charge in [0.15, 0.2) is 0 Å². The van der Waals surface area contributed by atoms with Crippen LogP contribution in [0.5, 0.6) is 0 Å².